The number of nitrogens with one attached hydrogen (secondary N) is 2. The van der Waals surface area contributed by atoms with Gasteiger partial charge in [-0.2, -0.15) is 0 Å². The number of carbonyl (C=O) groups is 3. The summed E-state index contributed by atoms with van der Waals surface area (Å²) in [6.45, 7) is 5.34. The summed E-state index contributed by atoms with van der Waals surface area (Å²) >= 11 is 1.37. The molecule has 0 saturated heterocycles. The Labute approximate surface area is 164 Å². The number of benzene rings is 1. The fraction of sp³-hybridized carbons (Fsp3) is 0.550. The third kappa shape index (κ3) is 5.73. The Balaban J connectivity index is 1.97. The maximum Gasteiger partial charge on any atom is 0.329 e. The zero-order valence-corrected chi connectivity index (χ0v) is 16.9. The molecular weight excluding hydrogens is 364 g/mol. The summed E-state index contributed by atoms with van der Waals surface area (Å²) in [7, 11) is 0. The molecule has 1 aromatic rings. The van der Waals surface area contributed by atoms with Crippen LogP contribution < -0.4 is 10.6 Å². The quantitative estimate of drug-likeness (QED) is 0.616. The number of rotatable bonds is 7. The highest BCUT2D eigenvalue weighted by Gasteiger charge is 2.43. The van der Waals surface area contributed by atoms with E-state index in [-0.39, 0.29) is 11.8 Å². The van der Waals surface area contributed by atoms with Gasteiger partial charge < -0.3 is 15.7 Å². The van der Waals surface area contributed by atoms with Crippen LogP contribution in [0.4, 0.5) is 5.69 Å². The highest BCUT2D eigenvalue weighted by molar-refractivity contribution is 8.00. The Hall–Kier alpha value is -2.02. The van der Waals surface area contributed by atoms with Crippen LogP contribution in [0.3, 0.4) is 0 Å². The standard InChI is InChI=1S/C20H28N2O4S/c1-4-15-9-11-20(12-10-15,19(25)26)22-18(24)13(2)27-17-7-5-16(6-8-17)21-14(3)23/h5-8,13,15H,4,9-12H2,1-3H3,(H,21,23)(H,22,24)(H,25,26). The molecule has 27 heavy (non-hydrogen) atoms. The molecule has 0 bridgehead atoms. The molecule has 1 aromatic carbocycles. The number of anilines is 1. The van der Waals surface area contributed by atoms with Gasteiger partial charge in [-0.25, -0.2) is 4.79 Å². The van der Waals surface area contributed by atoms with Crippen LogP contribution in [0.1, 0.15) is 52.9 Å². The second kappa shape index (κ2) is 9.26. The minimum Gasteiger partial charge on any atom is -0.480 e. The molecule has 0 aromatic heterocycles. The number of hydrogen-bond donors (Lipinski definition) is 3. The van der Waals surface area contributed by atoms with Crippen molar-refractivity contribution >= 4 is 35.2 Å². The number of carboxylic acid groups (broad SMARTS) is 1. The van der Waals surface area contributed by atoms with Crippen molar-refractivity contribution < 1.29 is 19.5 Å². The first-order valence-corrected chi connectivity index (χ1v) is 10.2. The van der Waals surface area contributed by atoms with Gasteiger partial charge in [0.05, 0.1) is 5.25 Å². The van der Waals surface area contributed by atoms with Crippen LogP contribution in [0.5, 0.6) is 0 Å². The van der Waals surface area contributed by atoms with Gasteiger partial charge in [0.15, 0.2) is 0 Å². The van der Waals surface area contributed by atoms with Gasteiger partial charge in [0, 0.05) is 17.5 Å². The molecule has 0 spiro atoms. The molecule has 1 saturated carbocycles. The van der Waals surface area contributed by atoms with Gasteiger partial charge in [0.2, 0.25) is 11.8 Å². The topological polar surface area (TPSA) is 95.5 Å². The van der Waals surface area contributed by atoms with E-state index in [0.717, 1.165) is 24.2 Å². The maximum atomic E-state index is 12.6. The fourth-order valence-corrected chi connectivity index (χ4v) is 4.25. The molecule has 1 aliphatic rings. The van der Waals surface area contributed by atoms with E-state index >= 15 is 0 Å². The average molecular weight is 393 g/mol. The van der Waals surface area contributed by atoms with E-state index < -0.39 is 16.8 Å². The first-order chi connectivity index (χ1) is 12.8. The Morgan fingerprint density at radius 2 is 1.81 bits per heavy atom. The van der Waals surface area contributed by atoms with Crippen LogP contribution in [-0.2, 0) is 14.4 Å². The fourth-order valence-electron chi connectivity index (χ4n) is 3.39. The minimum absolute atomic E-state index is 0.139. The van der Waals surface area contributed by atoms with E-state index in [1.54, 1.807) is 19.1 Å². The number of thioether (sulfide) groups is 1. The predicted molar refractivity (Wildman–Crippen MR) is 107 cm³/mol. The van der Waals surface area contributed by atoms with Crippen molar-refractivity contribution in [2.75, 3.05) is 5.32 Å². The highest BCUT2D eigenvalue weighted by atomic mass is 32.2. The number of aliphatic carboxylic acids is 1. The van der Waals surface area contributed by atoms with E-state index in [1.807, 2.05) is 12.1 Å². The molecule has 7 heteroatoms. The predicted octanol–water partition coefficient (Wildman–Crippen LogP) is 3.67. The van der Waals surface area contributed by atoms with Crippen LogP contribution in [0, 0.1) is 5.92 Å². The molecule has 6 nitrogen and oxygen atoms in total. The summed E-state index contributed by atoms with van der Waals surface area (Å²) < 4.78 is 0. The molecule has 1 atom stereocenters. The molecule has 0 aliphatic heterocycles. The zero-order chi connectivity index (χ0) is 20.0. The summed E-state index contributed by atoms with van der Waals surface area (Å²) in [6, 6.07) is 7.22. The van der Waals surface area contributed by atoms with Gasteiger partial charge in [-0.3, -0.25) is 9.59 Å². The molecule has 0 radical (unpaired) electrons. The number of carbonyl (C=O) groups excluding carboxylic acids is 2. The van der Waals surface area contributed by atoms with Gasteiger partial charge in [-0.15, -0.1) is 11.8 Å². The minimum atomic E-state index is -1.15. The lowest BCUT2D eigenvalue weighted by Gasteiger charge is -2.37. The van der Waals surface area contributed by atoms with Crippen LogP contribution in [0.15, 0.2) is 29.2 Å². The lowest BCUT2D eigenvalue weighted by molar-refractivity contribution is -0.149. The molecule has 2 rings (SSSR count). The number of hydrogen-bond acceptors (Lipinski definition) is 4. The van der Waals surface area contributed by atoms with E-state index in [4.69, 9.17) is 0 Å². The van der Waals surface area contributed by atoms with E-state index in [0.29, 0.717) is 24.4 Å². The summed E-state index contributed by atoms with van der Waals surface area (Å²) in [6.07, 6.45) is 3.67. The third-order valence-corrected chi connectivity index (χ3v) is 6.28. The zero-order valence-electron chi connectivity index (χ0n) is 16.1. The molecule has 2 amide bonds. The first kappa shape index (κ1) is 21.3. The van der Waals surface area contributed by atoms with Crippen LogP contribution in [-0.4, -0.2) is 33.7 Å². The van der Waals surface area contributed by atoms with Gasteiger partial charge in [-0.1, -0.05) is 13.3 Å². The second-order valence-electron chi connectivity index (χ2n) is 7.19. The monoisotopic (exact) mass is 392 g/mol. The van der Waals surface area contributed by atoms with Gasteiger partial charge in [0.25, 0.3) is 0 Å². The Morgan fingerprint density at radius 3 is 2.30 bits per heavy atom. The van der Waals surface area contributed by atoms with E-state index in [9.17, 15) is 19.5 Å². The molecule has 1 fully saturated rings. The van der Waals surface area contributed by atoms with Crippen LogP contribution in [0.2, 0.25) is 0 Å². The normalized spacial score (nSPS) is 23.3. The van der Waals surface area contributed by atoms with Crippen molar-refractivity contribution in [2.24, 2.45) is 5.92 Å². The largest absolute Gasteiger partial charge is 0.480 e. The van der Waals surface area contributed by atoms with Crippen molar-refractivity contribution in [3.63, 3.8) is 0 Å². The number of amides is 2. The van der Waals surface area contributed by atoms with E-state index in [1.165, 1.54) is 18.7 Å². The third-order valence-electron chi connectivity index (χ3n) is 5.16. The maximum absolute atomic E-state index is 12.6. The summed E-state index contributed by atoms with van der Waals surface area (Å²) in [4.78, 5) is 36.4. The average Bonchev–Trinajstić information content (AvgIpc) is 2.63. The van der Waals surface area contributed by atoms with Crippen molar-refractivity contribution in [3.8, 4) is 0 Å². The van der Waals surface area contributed by atoms with Crippen molar-refractivity contribution in [2.45, 2.75) is 68.6 Å². The Morgan fingerprint density at radius 1 is 1.22 bits per heavy atom. The van der Waals surface area contributed by atoms with Crippen molar-refractivity contribution in [1.29, 1.82) is 0 Å². The molecular formula is C20H28N2O4S. The molecule has 1 aliphatic carbocycles. The lowest BCUT2D eigenvalue weighted by atomic mass is 9.75. The number of carboxylic acids is 1. The Bertz CT molecular complexity index is 682. The van der Waals surface area contributed by atoms with Crippen LogP contribution in [0.25, 0.3) is 0 Å². The van der Waals surface area contributed by atoms with Crippen molar-refractivity contribution in [1.82, 2.24) is 5.32 Å². The first-order valence-electron chi connectivity index (χ1n) is 9.35. The molecule has 0 heterocycles. The summed E-state index contributed by atoms with van der Waals surface area (Å²) in [5.74, 6) is -0.797. The SMILES string of the molecule is CCC1CCC(NC(=O)C(C)Sc2ccc(NC(C)=O)cc2)(C(=O)O)CC1. The van der Waals surface area contributed by atoms with Gasteiger partial charge >= 0.3 is 5.97 Å². The second-order valence-corrected chi connectivity index (χ2v) is 8.61. The molecule has 1 unspecified atom stereocenters. The Kier molecular flexibility index (Phi) is 7.30. The van der Waals surface area contributed by atoms with Crippen LogP contribution >= 0.6 is 11.8 Å². The molecule has 3 N–H and O–H groups in total. The highest BCUT2D eigenvalue weighted by Crippen LogP contribution is 2.35. The lowest BCUT2D eigenvalue weighted by Crippen LogP contribution is -2.57. The molecule has 148 valence electrons. The van der Waals surface area contributed by atoms with Crippen molar-refractivity contribution in [3.05, 3.63) is 24.3 Å². The smallest absolute Gasteiger partial charge is 0.329 e. The van der Waals surface area contributed by atoms with E-state index in [2.05, 4.69) is 17.6 Å². The van der Waals surface area contributed by atoms with Gasteiger partial charge in [0.1, 0.15) is 5.54 Å². The summed E-state index contributed by atoms with van der Waals surface area (Å²) in [5.41, 5.74) is -0.450. The van der Waals surface area contributed by atoms with Gasteiger partial charge in [-0.05, 0) is 62.8 Å². The summed E-state index contributed by atoms with van der Waals surface area (Å²) in [5, 5.41) is 14.8.